The number of amides is 1. The molecule has 1 aromatic carbocycles. The van der Waals surface area contributed by atoms with Gasteiger partial charge in [0.25, 0.3) is 5.91 Å². The zero-order valence-electron chi connectivity index (χ0n) is 15.2. The van der Waals surface area contributed by atoms with Crippen molar-refractivity contribution in [3.05, 3.63) is 48.0 Å². The number of piperidine rings is 1. The van der Waals surface area contributed by atoms with Gasteiger partial charge in [-0.25, -0.2) is 4.39 Å². The monoisotopic (exact) mass is 390 g/mol. The van der Waals surface area contributed by atoms with Gasteiger partial charge >= 0.3 is 0 Å². The predicted molar refractivity (Wildman–Crippen MR) is 104 cm³/mol. The summed E-state index contributed by atoms with van der Waals surface area (Å²) in [6, 6.07) is 7.01. The molecule has 0 bridgehead atoms. The highest BCUT2D eigenvalue weighted by atomic mass is 35.5. The topological polar surface area (TPSA) is 50.2 Å². The lowest BCUT2D eigenvalue weighted by Crippen LogP contribution is -2.56. The molecule has 1 aliphatic carbocycles. The zero-order valence-corrected chi connectivity index (χ0v) is 16.0. The molecule has 0 unspecified atom stereocenters. The highest BCUT2D eigenvalue weighted by Crippen LogP contribution is 2.54. The Morgan fingerprint density at radius 2 is 1.93 bits per heavy atom. The minimum Gasteiger partial charge on any atom is -0.317 e. The average molecular weight is 391 g/mol. The summed E-state index contributed by atoms with van der Waals surface area (Å²) >= 11 is 0. The van der Waals surface area contributed by atoms with E-state index in [1.54, 1.807) is 12.3 Å². The summed E-state index contributed by atoms with van der Waals surface area (Å²) in [5.74, 6) is -0.116. The maximum atomic E-state index is 14.7. The van der Waals surface area contributed by atoms with Crippen LogP contribution in [-0.4, -0.2) is 35.3 Å². The van der Waals surface area contributed by atoms with E-state index in [1.807, 2.05) is 27.9 Å². The molecule has 3 aliphatic rings. The van der Waals surface area contributed by atoms with Crippen LogP contribution >= 0.6 is 12.4 Å². The molecule has 1 N–H and O–H groups in total. The van der Waals surface area contributed by atoms with Gasteiger partial charge in [-0.2, -0.15) is 5.10 Å². The molecule has 144 valence electrons. The average Bonchev–Trinajstić information content (AvgIpc) is 3.28. The number of hydrogen-bond acceptors (Lipinski definition) is 3. The van der Waals surface area contributed by atoms with Crippen LogP contribution in [0.15, 0.2) is 36.7 Å². The maximum Gasteiger partial charge on any atom is 0.255 e. The van der Waals surface area contributed by atoms with Crippen LogP contribution in [0.25, 0.3) is 0 Å². The van der Waals surface area contributed by atoms with Crippen LogP contribution in [-0.2, 0) is 15.7 Å². The molecule has 2 aliphatic heterocycles. The van der Waals surface area contributed by atoms with E-state index >= 15 is 0 Å². The Hall–Kier alpha value is -1.92. The zero-order chi connectivity index (χ0) is 17.8. The summed E-state index contributed by atoms with van der Waals surface area (Å²) < 4.78 is 16.5. The number of nitrogens with one attached hydrogen (secondary N) is 1. The van der Waals surface area contributed by atoms with Crippen molar-refractivity contribution in [3.8, 4) is 0 Å². The fourth-order valence-electron chi connectivity index (χ4n) is 5.08. The first-order valence-electron chi connectivity index (χ1n) is 9.48. The van der Waals surface area contributed by atoms with Crippen molar-refractivity contribution in [2.45, 2.75) is 43.1 Å². The van der Waals surface area contributed by atoms with Gasteiger partial charge in [-0.1, -0.05) is 12.5 Å². The summed E-state index contributed by atoms with van der Waals surface area (Å²) in [4.78, 5) is 15.7. The van der Waals surface area contributed by atoms with Crippen molar-refractivity contribution in [2.24, 2.45) is 0 Å². The van der Waals surface area contributed by atoms with Gasteiger partial charge in [0.1, 0.15) is 11.4 Å². The molecule has 5 nitrogen and oxygen atoms in total. The van der Waals surface area contributed by atoms with Gasteiger partial charge in [0.05, 0.1) is 5.69 Å². The molecule has 1 saturated heterocycles. The van der Waals surface area contributed by atoms with E-state index < -0.39 is 5.54 Å². The Balaban J connectivity index is 0.00000180. The summed E-state index contributed by atoms with van der Waals surface area (Å²) in [6.07, 6.45) is 8.02. The standard InChI is InChI=1S/C20H23FN4O.ClH/c21-15-4-1-5-16-17(15)19(6-2-7-19)14-24(16)18(26)20(8-11-22-12-9-20)25-13-3-10-23-25;/h1,3-5,10,13,22H,2,6-9,11-12,14H2;1H. The quantitative estimate of drug-likeness (QED) is 0.857. The number of rotatable bonds is 2. The lowest BCUT2D eigenvalue weighted by molar-refractivity contribution is -0.129. The van der Waals surface area contributed by atoms with Gasteiger partial charge in [-0.15, -0.1) is 12.4 Å². The van der Waals surface area contributed by atoms with Crippen LogP contribution in [0.2, 0.25) is 0 Å². The Morgan fingerprint density at radius 1 is 1.15 bits per heavy atom. The van der Waals surface area contributed by atoms with E-state index in [1.165, 1.54) is 6.07 Å². The molecule has 0 atom stereocenters. The fourth-order valence-corrected chi connectivity index (χ4v) is 5.08. The van der Waals surface area contributed by atoms with E-state index in [-0.39, 0.29) is 29.5 Å². The molecule has 3 heterocycles. The molecule has 2 fully saturated rings. The molecule has 0 radical (unpaired) electrons. The number of hydrogen-bond donors (Lipinski definition) is 1. The minimum absolute atomic E-state index is 0. The Bertz CT molecular complexity index is 844. The molecule has 1 spiro atoms. The first-order chi connectivity index (χ1) is 12.7. The second-order valence-electron chi connectivity index (χ2n) is 7.89. The molecular weight excluding hydrogens is 367 g/mol. The second-order valence-corrected chi connectivity index (χ2v) is 7.89. The van der Waals surface area contributed by atoms with Crippen molar-refractivity contribution in [1.82, 2.24) is 15.1 Å². The van der Waals surface area contributed by atoms with Crippen LogP contribution < -0.4 is 10.2 Å². The van der Waals surface area contributed by atoms with E-state index in [0.717, 1.165) is 43.6 Å². The summed E-state index contributed by atoms with van der Waals surface area (Å²) in [6.45, 7) is 2.15. The molecule has 5 rings (SSSR count). The second kappa shape index (κ2) is 6.60. The summed E-state index contributed by atoms with van der Waals surface area (Å²) in [5, 5.41) is 7.76. The normalized spacial score (nSPS) is 22.0. The number of nitrogens with zero attached hydrogens (tertiary/aromatic N) is 3. The first kappa shape index (κ1) is 18.4. The van der Waals surface area contributed by atoms with E-state index in [4.69, 9.17) is 0 Å². The van der Waals surface area contributed by atoms with Crippen molar-refractivity contribution in [2.75, 3.05) is 24.5 Å². The summed E-state index contributed by atoms with van der Waals surface area (Å²) in [5.41, 5.74) is 0.645. The highest BCUT2D eigenvalue weighted by molar-refractivity contribution is 6.01. The van der Waals surface area contributed by atoms with Crippen LogP contribution in [0, 0.1) is 5.82 Å². The van der Waals surface area contributed by atoms with Gasteiger partial charge in [-0.05, 0) is 57.0 Å². The minimum atomic E-state index is -0.687. The van der Waals surface area contributed by atoms with E-state index in [9.17, 15) is 9.18 Å². The molecule has 2 aromatic rings. The molecule has 7 heteroatoms. The third kappa shape index (κ3) is 2.53. The Kier molecular flexibility index (Phi) is 4.51. The van der Waals surface area contributed by atoms with Crippen molar-refractivity contribution >= 4 is 24.0 Å². The number of halogens is 2. The van der Waals surface area contributed by atoms with Gasteiger partial charge < -0.3 is 10.2 Å². The number of carbonyl (C=O) groups is 1. The van der Waals surface area contributed by atoms with Crippen molar-refractivity contribution in [1.29, 1.82) is 0 Å². The molecule has 1 aromatic heterocycles. The third-order valence-corrected chi connectivity index (χ3v) is 6.60. The predicted octanol–water partition coefficient (Wildman–Crippen LogP) is 2.99. The SMILES string of the molecule is Cl.O=C(N1CC2(CCC2)c2c(F)cccc21)C1(n2cccn2)CCNCC1. The molecular formula is C20H24ClFN4O. The number of anilines is 1. The van der Waals surface area contributed by atoms with Gasteiger partial charge in [0, 0.05) is 29.9 Å². The number of carbonyl (C=O) groups excluding carboxylic acids is 1. The van der Waals surface area contributed by atoms with Crippen LogP contribution in [0.3, 0.4) is 0 Å². The van der Waals surface area contributed by atoms with Gasteiger partial charge in [-0.3, -0.25) is 9.48 Å². The van der Waals surface area contributed by atoms with Crippen molar-refractivity contribution in [3.63, 3.8) is 0 Å². The Morgan fingerprint density at radius 3 is 2.56 bits per heavy atom. The largest absolute Gasteiger partial charge is 0.317 e. The van der Waals surface area contributed by atoms with Gasteiger partial charge in [0.15, 0.2) is 0 Å². The van der Waals surface area contributed by atoms with E-state index in [2.05, 4.69) is 10.4 Å². The maximum absolute atomic E-state index is 14.7. The molecule has 1 amide bonds. The van der Waals surface area contributed by atoms with Crippen molar-refractivity contribution < 1.29 is 9.18 Å². The van der Waals surface area contributed by atoms with E-state index in [0.29, 0.717) is 19.4 Å². The summed E-state index contributed by atoms with van der Waals surface area (Å²) in [7, 11) is 0. The smallest absolute Gasteiger partial charge is 0.255 e. The molecule has 1 saturated carbocycles. The number of benzene rings is 1. The van der Waals surface area contributed by atoms with Crippen LogP contribution in [0.4, 0.5) is 10.1 Å². The number of aromatic nitrogens is 2. The highest BCUT2D eigenvalue weighted by Gasteiger charge is 2.54. The lowest BCUT2D eigenvalue weighted by atomic mass is 9.65. The lowest BCUT2D eigenvalue weighted by Gasteiger charge is -2.41. The third-order valence-electron chi connectivity index (χ3n) is 6.60. The van der Waals surface area contributed by atoms with Gasteiger partial charge in [0.2, 0.25) is 0 Å². The first-order valence-corrected chi connectivity index (χ1v) is 9.48. The number of fused-ring (bicyclic) bond motifs is 2. The fraction of sp³-hybridized carbons (Fsp3) is 0.500. The molecule has 27 heavy (non-hydrogen) atoms. The van der Waals surface area contributed by atoms with Crippen LogP contribution in [0.1, 0.15) is 37.7 Å². The Labute approximate surface area is 164 Å². The van der Waals surface area contributed by atoms with Crippen LogP contribution in [0.5, 0.6) is 0 Å².